The molecule has 0 saturated heterocycles. The highest BCUT2D eigenvalue weighted by atomic mass is 16.3. The van der Waals surface area contributed by atoms with Gasteiger partial charge in [0, 0.05) is 60.8 Å². The van der Waals surface area contributed by atoms with Gasteiger partial charge in [0.1, 0.15) is 11.2 Å². The van der Waals surface area contributed by atoms with Crippen LogP contribution in [-0.4, -0.2) is 9.13 Å². The van der Waals surface area contributed by atoms with Crippen LogP contribution in [0.2, 0.25) is 0 Å². The van der Waals surface area contributed by atoms with Gasteiger partial charge in [-0.25, -0.2) is 0 Å². The number of furan rings is 1. The molecule has 0 saturated carbocycles. The van der Waals surface area contributed by atoms with E-state index in [2.05, 4.69) is 299 Å². The van der Waals surface area contributed by atoms with Crippen molar-refractivity contribution in [1.82, 2.24) is 9.13 Å². The molecule has 0 bridgehead atoms. The minimum absolute atomic E-state index is 0.860. The first-order valence-corrected chi connectivity index (χ1v) is 26.0. The van der Waals surface area contributed by atoms with Gasteiger partial charge in [-0.2, -0.15) is 0 Å². The number of hydrogen-bond acceptors (Lipinski definition) is 2. The van der Waals surface area contributed by atoms with Crippen molar-refractivity contribution in [3.63, 3.8) is 0 Å². The number of fused-ring (bicyclic) bond motifs is 9. The molecule has 0 aliphatic carbocycles. The van der Waals surface area contributed by atoms with Crippen molar-refractivity contribution in [2.75, 3.05) is 4.90 Å². The zero-order chi connectivity index (χ0) is 50.1. The van der Waals surface area contributed by atoms with Gasteiger partial charge in [0.05, 0.1) is 22.1 Å². The highest BCUT2D eigenvalue weighted by Gasteiger charge is 2.20. The van der Waals surface area contributed by atoms with Gasteiger partial charge in [0.15, 0.2) is 0 Å². The molecule has 4 nitrogen and oxygen atoms in total. The quantitative estimate of drug-likeness (QED) is 0.144. The number of para-hydroxylation sites is 4. The molecule has 0 fully saturated rings. The summed E-state index contributed by atoms with van der Waals surface area (Å²) < 4.78 is 11.4. The molecule has 0 unspecified atom stereocenters. The van der Waals surface area contributed by atoms with Gasteiger partial charge in [0.25, 0.3) is 0 Å². The molecule has 0 atom stereocenters. The van der Waals surface area contributed by atoms with E-state index in [0.717, 1.165) is 72.6 Å². The third-order valence-electron chi connectivity index (χ3n) is 15.3. The summed E-state index contributed by atoms with van der Waals surface area (Å²) >= 11 is 0. The monoisotopic (exact) mass is 969 g/mol. The van der Waals surface area contributed by atoms with Crippen LogP contribution in [0.5, 0.6) is 0 Å². The summed E-state index contributed by atoms with van der Waals surface area (Å²) in [6.07, 6.45) is 0. The summed E-state index contributed by atoms with van der Waals surface area (Å²) in [5.74, 6) is 0. The van der Waals surface area contributed by atoms with Gasteiger partial charge < -0.3 is 18.5 Å². The summed E-state index contributed by atoms with van der Waals surface area (Å²) in [5, 5.41) is 7.09. The number of aromatic nitrogens is 2. The third kappa shape index (κ3) is 7.30. The van der Waals surface area contributed by atoms with E-state index in [9.17, 15) is 0 Å². The van der Waals surface area contributed by atoms with E-state index in [1.165, 1.54) is 65.9 Å². The minimum Gasteiger partial charge on any atom is -0.456 e. The summed E-state index contributed by atoms with van der Waals surface area (Å²) in [6, 6.07) is 103. The molecule has 0 radical (unpaired) electrons. The van der Waals surface area contributed by atoms with Gasteiger partial charge in [-0.05, 0) is 154 Å². The van der Waals surface area contributed by atoms with Gasteiger partial charge in [-0.3, -0.25) is 0 Å². The number of hydrogen-bond donors (Lipinski definition) is 0. The molecule has 12 aromatic carbocycles. The average Bonchev–Trinajstić information content (AvgIpc) is 4.17. The molecular weight excluding hydrogens is 923 g/mol. The lowest BCUT2D eigenvalue weighted by atomic mass is 9.96. The Bertz CT molecular complexity index is 4490. The fourth-order valence-corrected chi connectivity index (χ4v) is 11.7. The number of benzene rings is 12. The molecule has 15 aromatic rings. The number of anilines is 3. The fraction of sp³-hybridized carbons (Fsp3) is 0. The van der Waals surface area contributed by atoms with E-state index in [-0.39, 0.29) is 0 Å². The van der Waals surface area contributed by atoms with Gasteiger partial charge in [0.2, 0.25) is 0 Å². The molecule has 0 N–H and O–H groups in total. The molecule has 0 spiro atoms. The van der Waals surface area contributed by atoms with Crippen LogP contribution >= 0.6 is 0 Å². The maximum atomic E-state index is 6.61. The van der Waals surface area contributed by atoms with Crippen LogP contribution in [0, 0.1) is 0 Å². The molecule has 0 amide bonds. The second-order valence-electron chi connectivity index (χ2n) is 19.7. The Morgan fingerprint density at radius 2 is 0.618 bits per heavy atom. The normalized spacial score (nSPS) is 11.7. The lowest BCUT2D eigenvalue weighted by Gasteiger charge is -2.26. The highest BCUT2D eigenvalue weighted by Crippen LogP contribution is 2.43. The van der Waals surface area contributed by atoms with Crippen LogP contribution in [0.25, 0.3) is 121 Å². The molecule has 76 heavy (non-hydrogen) atoms. The Labute approximate surface area is 439 Å². The minimum atomic E-state index is 0.860. The standard InChI is InChI=1S/C72H47N3O/c1-3-16-48(17-4-1)50-30-35-56(36-31-50)73(57-37-32-51(33-38-57)49-18-5-2-6-19-49)58-21-15-20-52(43-58)54-42-55(45-60(44-54)75-69-28-13-9-24-63(69)64-25-10-14-29-70(64)75)53-34-40-71-65(46-53)66-47-59(39-41-72(66)76-71)74-67-26-11-7-22-61(67)62-23-8-12-27-68(62)74/h1-47H. The predicted octanol–water partition coefficient (Wildman–Crippen LogP) is 19.9. The predicted molar refractivity (Wildman–Crippen MR) is 319 cm³/mol. The molecule has 3 heterocycles. The van der Waals surface area contributed by atoms with Crippen LogP contribution in [0.3, 0.4) is 0 Å². The second-order valence-corrected chi connectivity index (χ2v) is 19.7. The maximum Gasteiger partial charge on any atom is 0.135 e. The van der Waals surface area contributed by atoms with E-state index in [1.807, 2.05) is 0 Å². The van der Waals surface area contributed by atoms with Crippen LogP contribution in [0.1, 0.15) is 0 Å². The first kappa shape index (κ1) is 43.4. The zero-order valence-corrected chi connectivity index (χ0v) is 41.4. The molecule has 356 valence electrons. The van der Waals surface area contributed by atoms with Crippen molar-refractivity contribution in [3.05, 3.63) is 285 Å². The summed E-state index contributed by atoms with van der Waals surface area (Å²) in [6.45, 7) is 0. The first-order valence-electron chi connectivity index (χ1n) is 26.0. The van der Waals surface area contributed by atoms with Crippen molar-refractivity contribution in [1.29, 1.82) is 0 Å². The Balaban J connectivity index is 0.901. The highest BCUT2D eigenvalue weighted by molar-refractivity contribution is 6.12. The lowest BCUT2D eigenvalue weighted by molar-refractivity contribution is 0.669. The van der Waals surface area contributed by atoms with Crippen molar-refractivity contribution < 1.29 is 4.42 Å². The lowest BCUT2D eigenvalue weighted by Crippen LogP contribution is -2.10. The first-order chi connectivity index (χ1) is 37.7. The zero-order valence-electron chi connectivity index (χ0n) is 41.4. The Hall–Kier alpha value is -10.2. The number of rotatable bonds is 9. The SMILES string of the molecule is c1ccc(-c2ccc(N(c3ccc(-c4ccccc4)cc3)c3cccc(-c4cc(-c5ccc6oc7ccc(-n8c9ccccc9c9ccccc98)cc7c6c5)cc(-n5c6ccccc6c6ccccc65)c4)c3)cc2)cc1. The summed E-state index contributed by atoms with van der Waals surface area (Å²) in [7, 11) is 0. The molecular formula is C72H47N3O. The van der Waals surface area contributed by atoms with Crippen LogP contribution in [0.15, 0.2) is 290 Å². The van der Waals surface area contributed by atoms with Gasteiger partial charge in [-0.1, -0.05) is 176 Å². The van der Waals surface area contributed by atoms with Crippen LogP contribution in [0.4, 0.5) is 17.1 Å². The fourth-order valence-electron chi connectivity index (χ4n) is 11.7. The smallest absolute Gasteiger partial charge is 0.135 e. The second kappa shape index (κ2) is 17.8. The van der Waals surface area contributed by atoms with Crippen LogP contribution in [-0.2, 0) is 0 Å². The molecule has 4 heteroatoms. The molecule has 0 aliphatic heterocycles. The summed E-state index contributed by atoms with van der Waals surface area (Å²) in [5.41, 5.74) is 21.0. The average molecular weight is 970 g/mol. The van der Waals surface area contributed by atoms with E-state index in [4.69, 9.17) is 4.42 Å². The van der Waals surface area contributed by atoms with Crippen molar-refractivity contribution in [3.8, 4) is 55.9 Å². The van der Waals surface area contributed by atoms with Crippen molar-refractivity contribution in [2.24, 2.45) is 0 Å². The Morgan fingerprint density at radius 3 is 1.13 bits per heavy atom. The topological polar surface area (TPSA) is 26.2 Å². The third-order valence-corrected chi connectivity index (χ3v) is 15.3. The van der Waals surface area contributed by atoms with Gasteiger partial charge >= 0.3 is 0 Å². The number of nitrogens with zero attached hydrogens (tertiary/aromatic N) is 3. The largest absolute Gasteiger partial charge is 0.456 e. The Morgan fingerprint density at radius 1 is 0.224 bits per heavy atom. The maximum absolute atomic E-state index is 6.61. The molecule has 3 aromatic heterocycles. The summed E-state index contributed by atoms with van der Waals surface area (Å²) in [4.78, 5) is 2.37. The molecule has 0 aliphatic rings. The van der Waals surface area contributed by atoms with E-state index in [0.29, 0.717) is 0 Å². The van der Waals surface area contributed by atoms with E-state index in [1.54, 1.807) is 0 Å². The van der Waals surface area contributed by atoms with Crippen LogP contribution < -0.4 is 4.90 Å². The van der Waals surface area contributed by atoms with E-state index >= 15 is 0 Å². The van der Waals surface area contributed by atoms with Crippen molar-refractivity contribution in [2.45, 2.75) is 0 Å². The van der Waals surface area contributed by atoms with Gasteiger partial charge in [-0.15, -0.1) is 0 Å². The van der Waals surface area contributed by atoms with E-state index < -0.39 is 0 Å². The Kier molecular flexibility index (Phi) is 10.2. The molecule has 15 rings (SSSR count). The van der Waals surface area contributed by atoms with Crippen molar-refractivity contribution >= 4 is 82.6 Å².